The maximum atomic E-state index is 13.1. The fourth-order valence-corrected chi connectivity index (χ4v) is 3.92. The first-order valence-corrected chi connectivity index (χ1v) is 10.2. The van der Waals surface area contributed by atoms with Crippen LogP contribution < -0.4 is 10.6 Å². The molecule has 1 fully saturated rings. The lowest BCUT2D eigenvalue weighted by molar-refractivity contribution is -0.177. The third-order valence-corrected chi connectivity index (χ3v) is 5.84. The summed E-state index contributed by atoms with van der Waals surface area (Å²) >= 11 is 0. The summed E-state index contributed by atoms with van der Waals surface area (Å²) in [6.45, 7) is 0. The van der Waals surface area contributed by atoms with Gasteiger partial charge in [0.2, 0.25) is 11.8 Å². The minimum absolute atomic E-state index is 0.00983. The van der Waals surface area contributed by atoms with Gasteiger partial charge in [-0.25, -0.2) is 15.0 Å². The number of nitrogens with zero attached hydrogens (tertiary/aromatic N) is 3. The lowest BCUT2D eigenvalue weighted by Gasteiger charge is -2.22. The van der Waals surface area contributed by atoms with Crippen molar-refractivity contribution in [2.45, 2.75) is 38.3 Å². The Morgan fingerprint density at radius 1 is 1.16 bits per heavy atom. The molecule has 10 heteroatoms. The molecule has 0 aromatic carbocycles. The zero-order chi connectivity index (χ0) is 21.8. The first kappa shape index (κ1) is 19.8. The molecule has 0 saturated heterocycles. The number of alkyl halides is 3. The standard InChI is InChI=1S/C21H20F3N5O2/c1-25-18-13-8-26-17(29-19(30)10-2-3-10)7-12(13)14(9-27-18)20-28-15-6-11(21(22,23)24)4-5-16(15)31-20/h7-11H,2-6H2,1H3,(H,25,27)(H,26,29,30). The molecular weight excluding hydrogens is 411 g/mol. The summed E-state index contributed by atoms with van der Waals surface area (Å²) in [7, 11) is 1.73. The molecule has 3 aromatic heterocycles. The number of oxazole rings is 1. The molecule has 2 aliphatic rings. The predicted molar refractivity (Wildman–Crippen MR) is 108 cm³/mol. The van der Waals surface area contributed by atoms with Crippen LogP contribution in [0.25, 0.3) is 22.2 Å². The number of anilines is 2. The van der Waals surface area contributed by atoms with Crippen molar-refractivity contribution in [1.82, 2.24) is 15.0 Å². The van der Waals surface area contributed by atoms with Crippen LogP contribution in [0, 0.1) is 11.8 Å². The first-order valence-electron chi connectivity index (χ1n) is 10.2. The van der Waals surface area contributed by atoms with E-state index in [-0.39, 0.29) is 37.0 Å². The Labute approximate surface area is 175 Å². The molecule has 0 aliphatic heterocycles. The van der Waals surface area contributed by atoms with Gasteiger partial charge in [0.05, 0.1) is 17.2 Å². The molecule has 1 saturated carbocycles. The minimum Gasteiger partial charge on any atom is -0.441 e. The first-order chi connectivity index (χ1) is 14.8. The summed E-state index contributed by atoms with van der Waals surface area (Å²) in [6, 6.07) is 1.72. The molecule has 162 valence electrons. The molecule has 2 aliphatic carbocycles. The van der Waals surface area contributed by atoms with Gasteiger partial charge < -0.3 is 15.1 Å². The Morgan fingerprint density at radius 3 is 2.68 bits per heavy atom. The molecule has 7 nitrogen and oxygen atoms in total. The summed E-state index contributed by atoms with van der Waals surface area (Å²) in [5.41, 5.74) is 0.877. The van der Waals surface area contributed by atoms with Crippen molar-refractivity contribution in [1.29, 1.82) is 0 Å². The number of fused-ring (bicyclic) bond motifs is 2. The van der Waals surface area contributed by atoms with Crippen LogP contribution in [0.1, 0.15) is 30.7 Å². The molecule has 1 amide bonds. The average molecular weight is 431 g/mol. The summed E-state index contributed by atoms with van der Waals surface area (Å²) in [5, 5.41) is 7.19. The number of hydrogen-bond acceptors (Lipinski definition) is 6. The normalized spacial score (nSPS) is 18.6. The van der Waals surface area contributed by atoms with Crippen LogP contribution in [0.5, 0.6) is 0 Å². The van der Waals surface area contributed by atoms with Gasteiger partial charge in [-0.05, 0) is 25.3 Å². The third-order valence-electron chi connectivity index (χ3n) is 5.84. The smallest absolute Gasteiger partial charge is 0.392 e. The van der Waals surface area contributed by atoms with Gasteiger partial charge in [0.15, 0.2) is 0 Å². The Morgan fingerprint density at radius 2 is 1.97 bits per heavy atom. The van der Waals surface area contributed by atoms with Gasteiger partial charge in [-0.1, -0.05) is 0 Å². The number of aromatic nitrogens is 3. The number of nitrogens with one attached hydrogen (secondary N) is 2. The molecule has 2 N–H and O–H groups in total. The van der Waals surface area contributed by atoms with E-state index in [1.54, 1.807) is 25.5 Å². The zero-order valence-electron chi connectivity index (χ0n) is 16.7. The molecule has 0 bridgehead atoms. The zero-order valence-corrected chi connectivity index (χ0v) is 16.7. The van der Waals surface area contributed by atoms with Crippen molar-refractivity contribution >= 4 is 28.3 Å². The highest BCUT2D eigenvalue weighted by molar-refractivity contribution is 6.02. The minimum atomic E-state index is -4.25. The van der Waals surface area contributed by atoms with E-state index in [2.05, 4.69) is 25.6 Å². The van der Waals surface area contributed by atoms with Crippen LogP contribution in [-0.2, 0) is 17.6 Å². The van der Waals surface area contributed by atoms with Gasteiger partial charge in [-0.3, -0.25) is 4.79 Å². The van der Waals surface area contributed by atoms with Crippen molar-refractivity contribution in [3.05, 3.63) is 29.9 Å². The van der Waals surface area contributed by atoms with Gasteiger partial charge in [0, 0.05) is 49.0 Å². The number of rotatable bonds is 4. The molecule has 3 heterocycles. The monoisotopic (exact) mass is 431 g/mol. The van der Waals surface area contributed by atoms with E-state index in [9.17, 15) is 18.0 Å². The van der Waals surface area contributed by atoms with Gasteiger partial charge in [-0.15, -0.1) is 0 Å². The highest BCUT2D eigenvalue weighted by Gasteiger charge is 2.42. The Bertz CT molecular complexity index is 1170. The maximum absolute atomic E-state index is 13.1. The quantitative estimate of drug-likeness (QED) is 0.638. The molecule has 0 spiro atoms. The van der Waals surface area contributed by atoms with E-state index in [1.807, 2.05) is 0 Å². The summed E-state index contributed by atoms with van der Waals surface area (Å²) < 4.78 is 45.3. The van der Waals surface area contributed by atoms with Crippen molar-refractivity contribution in [2.75, 3.05) is 17.7 Å². The Balaban J connectivity index is 1.55. The van der Waals surface area contributed by atoms with Crippen LogP contribution in [-0.4, -0.2) is 34.1 Å². The maximum Gasteiger partial charge on any atom is 0.392 e. The predicted octanol–water partition coefficient (Wildman–Crippen LogP) is 4.34. The largest absolute Gasteiger partial charge is 0.441 e. The number of amides is 1. The van der Waals surface area contributed by atoms with Gasteiger partial charge >= 0.3 is 6.18 Å². The SMILES string of the molecule is CNc1ncc(-c2nc3c(o2)CCC(C(F)(F)F)C3)c2cc(NC(=O)C3CC3)ncc12. The molecule has 31 heavy (non-hydrogen) atoms. The van der Waals surface area contributed by atoms with Crippen LogP contribution in [0.2, 0.25) is 0 Å². The second-order valence-electron chi connectivity index (χ2n) is 8.02. The molecule has 0 radical (unpaired) electrons. The van der Waals surface area contributed by atoms with E-state index < -0.39 is 12.1 Å². The van der Waals surface area contributed by atoms with Crippen LogP contribution in [0.4, 0.5) is 24.8 Å². The van der Waals surface area contributed by atoms with Crippen molar-refractivity contribution in [2.24, 2.45) is 11.8 Å². The molecule has 5 rings (SSSR count). The number of halogens is 3. The molecule has 1 atom stereocenters. The van der Waals surface area contributed by atoms with E-state index in [1.165, 1.54) is 0 Å². The fraction of sp³-hybridized carbons (Fsp3) is 0.429. The fourth-order valence-electron chi connectivity index (χ4n) is 3.92. The van der Waals surface area contributed by atoms with Gasteiger partial charge in [0.1, 0.15) is 17.4 Å². The number of carbonyl (C=O) groups is 1. The summed E-state index contributed by atoms with van der Waals surface area (Å²) in [5.74, 6) is 0.236. The Kier molecular flexibility index (Phi) is 4.60. The molecular formula is C21H20F3N5O2. The van der Waals surface area contributed by atoms with Crippen LogP contribution in [0.15, 0.2) is 22.9 Å². The van der Waals surface area contributed by atoms with Gasteiger partial charge in [0.25, 0.3) is 0 Å². The van der Waals surface area contributed by atoms with Crippen LogP contribution in [0.3, 0.4) is 0 Å². The van der Waals surface area contributed by atoms with Crippen LogP contribution >= 0.6 is 0 Å². The molecule has 1 unspecified atom stereocenters. The second kappa shape index (κ2) is 7.21. The summed E-state index contributed by atoms with van der Waals surface area (Å²) in [6.07, 6.45) is 0.660. The highest BCUT2D eigenvalue weighted by Crippen LogP contribution is 2.40. The lowest BCUT2D eigenvalue weighted by Crippen LogP contribution is -2.28. The van der Waals surface area contributed by atoms with Crippen molar-refractivity contribution < 1.29 is 22.4 Å². The van der Waals surface area contributed by atoms with E-state index in [4.69, 9.17) is 4.42 Å². The number of aryl methyl sites for hydroxylation is 1. The highest BCUT2D eigenvalue weighted by atomic mass is 19.4. The number of pyridine rings is 2. The third kappa shape index (κ3) is 3.70. The van der Waals surface area contributed by atoms with Crippen molar-refractivity contribution in [3.63, 3.8) is 0 Å². The van der Waals surface area contributed by atoms with Crippen molar-refractivity contribution in [3.8, 4) is 11.5 Å². The van der Waals surface area contributed by atoms with E-state index in [0.29, 0.717) is 39.4 Å². The second-order valence-corrected chi connectivity index (χ2v) is 8.02. The van der Waals surface area contributed by atoms with E-state index >= 15 is 0 Å². The van der Waals surface area contributed by atoms with Gasteiger partial charge in [-0.2, -0.15) is 13.2 Å². The van der Waals surface area contributed by atoms with E-state index in [0.717, 1.165) is 12.8 Å². The number of carbonyl (C=O) groups excluding carboxylic acids is 1. The molecule has 3 aromatic rings. The number of hydrogen-bond donors (Lipinski definition) is 2. The average Bonchev–Trinajstić information content (AvgIpc) is 3.51. The topological polar surface area (TPSA) is 92.9 Å². The lowest BCUT2D eigenvalue weighted by atomic mass is 9.90. The summed E-state index contributed by atoms with van der Waals surface area (Å²) in [4.78, 5) is 25.2. The Hall–Kier alpha value is -3.17.